The lowest BCUT2D eigenvalue weighted by atomic mass is 9.99. The molecule has 9 nitrogen and oxygen atoms in total. The van der Waals surface area contributed by atoms with E-state index in [4.69, 9.17) is 9.47 Å². The molecule has 54 heavy (non-hydrogen) atoms. The number of aliphatic hydroxyl groups excluding tert-OH is 5. The predicted octanol–water partition coefficient (Wildman–Crippen LogP) is 8.89. The molecular formula is C45H83NO8. The Morgan fingerprint density at radius 2 is 1.15 bits per heavy atom. The van der Waals surface area contributed by atoms with E-state index in [-0.39, 0.29) is 12.5 Å². The van der Waals surface area contributed by atoms with Gasteiger partial charge < -0.3 is 40.3 Å². The second-order valence-electron chi connectivity index (χ2n) is 15.5. The van der Waals surface area contributed by atoms with Crippen LogP contribution >= 0.6 is 0 Å². The Morgan fingerprint density at radius 1 is 0.648 bits per heavy atom. The molecule has 1 aliphatic heterocycles. The fraction of sp³-hybridized carbons (Fsp3) is 0.844. The minimum Gasteiger partial charge on any atom is -0.394 e. The largest absolute Gasteiger partial charge is 0.394 e. The zero-order valence-electron chi connectivity index (χ0n) is 34.5. The second kappa shape index (κ2) is 35.8. The van der Waals surface area contributed by atoms with E-state index in [0.29, 0.717) is 12.8 Å². The van der Waals surface area contributed by atoms with Crippen molar-refractivity contribution >= 4 is 5.91 Å². The molecule has 1 aliphatic rings. The molecule has 1 amide bonds. The highest BCUT2D eigenvalue weighted by molar-refractivity contribution is 5.76. The molecule has 6 N–H and O–H groups in total. The van der Waals surface area contributed by atoms with Gasteiger partial charge in [0.05, 0.1) is 25.4 Å². The molecule has 1 saturated heterocycles. The van der Waals surface area contributed by atoms with Crippen molar-refractivity contribution in [3.8, 4) is 0 Å². The Kier molecular flexibility index (Phi) is 33.4. The van der Waals surface area contributed by atoms with Crippen LogP contribution in [0.5, 0.6) is 0 Å². The highest BCUT2D eigenvalue weighted by Gasteiger charge is 2.44. The van der Waals surface area contributed by atoms with Crippen LogP contribution in [0.25, 0.3) is 0 Å². The van der Waals surface area contributed by atoms with E-state index >= 15 is 0 Å². The van der Waals surface area contributed by atoms with Gasteiger partial charge in [0, 0.05) is 6.42 Å². The minimum absolute atomic E-state index is 0.150. The lowest BCUT2D eigenvalue weighted by Crippen LogP contribution is -2.60. The molecule has 0 aromatic rings. The van der Waals surface area contributed by atoms with Crippen molar-refractivity contribution in [3.63, 3.8) is 0 Å². The maximum absolute atomic E-state index is 12.9. The first-order valence-electron chi connectivity index (χ1n) is 22.2. The Morgan fingerprint density at radius 3 is 1.69 bits per heavy atom. The van der Waals surface area contributed by atoms with Crippen molar-refractivity contribution in [3.05, 3.63) is 36.5 Å². The summed E-state index contributed by atoms with van der Waals surface area (Å²) in [5, 5.41) is 54.3. The van der Waals surface area contributed by atoms with Crippen LogP contribution in [0.15, 0.2) is 36.5 Å². The molecule has 7 atom stereocenters. The second-order valence-corrected chi connectivity index (χ2v) is 15.5. The highest BCUT2D eigenvalue weighted by atomic mass is 16.7. The molecule has 0 aliphatic carbocycles. The van der Waals surface area contributed by atoms with E-state index in [1.807, 2.05) is 0 Å². The number of carbonyl (C=O) groups is 1. The van der Waals surface area contributed by atoms with E-state index < -0.39 is 49.5 Å². The molecule has 7 unspecified atom stereocenters. The molecule has 1 heterocycles. The zero-order chi connectivity index (χ0) is 39.5. The van der Waals surface area contributed by atoms with Crippen molar-refractivity contribution in [2.45, 2.75) is 230 Å². The molecule has 0 aromatic heterocycles. The summed E-state index contributed by atoms with van der Waals surface area (Å²) in [4.78, 5) is 12.9. The third-order valence-corrected chi connectivity index (χ3v) is 10.5. The summed E-state index contributed by atoms with van der Waals surface area (Å²) in [5.41, 5.74) is 0. The first kappa shape index (κ1) is 50.4. The van der Waals surface area contributed by atoms with Gasteiger partial charge in [-0.2, -0.15) is 0 Å². The summed E-state index contributed by atoms with van der Waals surface area (Å²) in [7, 11) is 0. The summed E-state index contributed by atoms with van der Waals surface area (Å²) >= 11 is 0. The maximum Gasteiger partial charge on any atom is 0.220 e. The third-order valence-electron chi connectivity index (χ3n) is 10.5. The monoisotopic (exact) mass is 766 g/mol. The number of unbranched alkanes of at least 4 members (excludes halogenated alkanes) is 20. The molecule has 0 bridgehead atoms. The Bertz CT molecular complexity index is 941. The summed E-state index contributed by atoms with van der Waals surface area (Å²) in [6.07, 6.45) is 35.8. The highest BCUT2D eigenvalue weighted by Crippen LogP contribution is 2.23. The van der Waals surface area contributed by atoms with E-state index in [1.165, 1.54) is 96.3 Å². The van der Waals surface area contributed by atoms with Crippen molar-refractivity contribution in [2.75, 3.05) is 13.2 Å². The van der Waals surface area contributed by atoms with E-state index in [1.54, 1.807) is 0 Å². The molecule has 1 rings (SSSR count). The zero-order valence-corrected chi connectivity index (χ0v) is 34.5. The smallest absolute Gasteiger partial charge is 0.220 e. The predicted molar refractivity (Wildman–Crippen MR) is 221 cm³/mol. The van der Waals surface area contributed by atoms with Crippen LogP contribution < -0.4 is 5.32 Å². The van der Waals surface area contributed by atoms with Gasteiger partial charge in [-0.3, -0.25) is 4.79 Å². The first-order chi connectivity index (χ1) is 26.3. The molecule has 0 radical (unpaired) electrons. The summed E-state index contributed by atoms with van der Waals surface area (Å²) < 4.78 is 11.2. The summed E-state index contributed by atoms with van der Waals surface area (Å²) in [5.74, 6) is -0.174. The molecule has 0 saturated carbocycles. The number of nitrogens with one attached hydrogen (secondary N) is 1. The van der Waals surface area contributed by atoms with Crippen molar-refractivity contribution < 1.29 is 39.8 Å². The number of hydrogen-bond donors (Lipinski definition) is 6. The normalized spacial score (nSPS) is 21.8. The lowest BCUT2D eigenvalue weighted by Gasteiger charge is -2.40. The minimum atomic E-state index is -1.56. The Balaban J connectivity index is 2.35. The van der Waals surface area contributed by atoms with Gasteiger partial charge in [0.15, 0.2) is 6.29 Å². The van der Waals surface area contributed by atoms with E-state index in [0.717, 1.165) is 64.2 Å². The fourth-order valence-electron chi connectivity index (χ4n) is 6.94. The summed E-state index contributed by atoms with van der Waals surface area (Å²) in [6, 6.07) is -0.732. The van der Waals surface area contributed by atoms with Gasteiger partial charge in [0.1, 0.15) is 24.4 Å². The first-order valence-corrected chi connectivity index (χ1v) is 22.2. The molecule has 1 fully saturated rings. The van der Waals surface area contributed by atoms with Crippen LogP contribution in [-0.4, -0.2) is 87.5 Å². The number of allylic oxidation sites excluding steroid dienone is 6. The van der Waals surface area contributed by atoms with Crippen molar-refractivity contribution in [1.29, 1.82) is 0 Å². The molecule has 9 heteroatoms. The van der Waals surface area contributed by atoms with Crippen LogP contribution in [-0.2, 0) is 14.3 Å². The van der Waals surface area contributed by atoms with Crippen molar-refractivity contribution in [2.24, 2.45) is 0 Å². The molecule has 0 spiro atoms. The van der Waals surface area contributed by atoms with E-state index in [2.05, 4.69) is 55.6 Å². The number of hydrogen-bond acceptors (Lipinski definition) is 8. The van der Waals surface area contributed by atoms with Gasteiger partial charge in [-0.1, -0.05) is 172 Å². The van der Waals surface area contributed by atoms with Gasteiger partial charge in [-0.25, -0.2) is 0 Å². The lowest BCUT2D eigenvalue weighted by molar-refractivity contribution is -0.302. The Hall–Kier alpha value is -1.59. The van der Waals surface area contributed by atoms with Crippen LogP contribution in [0, 0.1) is 0 Å². The maximum atomic E-state index is 12.9. The van der Waals surface area contributed by atoms with Gasteiger partial charge in [0.25, 0.3) is 0 Å². The van der Waals surface area contributed by atoms with Crippen LogP contribution in [0.2, 0.25) is 0 Å². The quantitative estimate of drug-likeness (QED) is 0.0274. The van der Waals surface area contributed by atoms with Gasteiger partial charge >= 0.3 is 0 Å². The van der Waals surface area contributed by atoms with Gasteiger partial charge in [-0.15, -0.1) is 0 Å². The molecule has 316 valence electrons. The average molecular weight is 766 g/mol. The topological polar surface area (TPSA) is 149 Å². The number of carbonyl (C=O) groups excluding carboxylic acids is 1. The third kappa shape index (κ3) is 26.3. The molecule has 0 aromatic carbocycles. The van der Waals surface area contributed by atoms with Crippen LogP contribution in [0.1, 0.15) is 187 Å². The van der Waals surface area contributed by atoms with Gasteiger partial charge in [-0.05, 0) is 44.9 Å². The standard InChI is InChI=1S/C45H83NO8/c1-3-5-7-9-11-13-15-17-18-19-20-21-23-24-26-28-30-32-34-39(48)38(37-53-45-44(52)43(51)42(50)40(36-47)54-45)46-41(49)35-33-31-29-27-25-22-16-14-12-10-8-6-4-2/h6,8,12,14,22,25,38-40,42-45,47-48,50-52H,3-5,7,9-11,13,15-21,23-24,26-37H2,1-2H3,(H,46,49)/b8-6-,14-12-,25-22-. The van der Waals surface area contributed by atoms with Gasteiger partial charge in [0.2, 0.25) is 5.91 Å². The number of ether oxygens (including phenoxy) is 2. The number of aliphatic hydroxyl groups is 5. The summed E-state index contributed by atoms with van der Waals surface area (Å²) in [6.45, 7) is 3.69. The number of amides is 1. The molecular weight excluding hydrogens is 682 g/mol. The number of rotatable bonds is 36. The SMILES string of the molecule is CC/C=C\C/C=C\C/C=C\CCCCCC(=O)NC(COC1OC(CO)C(O)C(O)C1O)C(O)CCCCCCCCCCCCCCCCCCCC. The van der Waals surface area contributed by atoms with Crippen molar-refractivity contribution in [1.82, 2.24) is 5.32 Å². The van der Waals surface area contributed by atoms with Crippen LogP contribution in [0.4, 0.5) is 0 Å². The van der Waals surface area contributed by atoms with Crippen LogP contribution in [0.3, 0.4) is 0 Å². The fourth-order valence-corrected chi connectivity index (χ4v) is 6.94. The average Bonchev–Trinajstić information content (AvgIpc) is 3.17. The Labute approximate surface area is 330 Å². The van der Waals surface area contributed by atoms with E-state index in [9.17, 15) is 30.3 Å².